The second-order valence-corrected chi connectivity index (χ2v) is 3.11. The first kappa shape index (κ1) is 12.0. The van der Waals surface area contributed by atoms with Crippen LogP contribution in [0.1, 0.15) is 17.2 Å². The van der Waals surface area contributed by atoms with E-state index in [1.54, 1.807) is 6.07 Å². The lowest BCUT2D eigenvalue weighted by Crippen LogP contribution is -2.22. The molecule has 1 aromatic carbocycles. The second-order valence-electron chi connectivity index (χ2n) is 3.11. The Labute approximate surface area is 85.8 Å². The van der Waals surface area contributed by atoms with Crippen molar-refractivity contribution in [1.82, 2.24) is 0 Å². The van der Waals surface area contributed by atoms with Crippen molar-refractivity contribution in [2.24, 2.45) is 5.73 Å². The van der Waals surface area contributed by atoms with Crippen LogP contribution in [0.15, 0.2) is 24.3 Å². The van der Waals surface area contributed by atoms with Crippen LogP contribution >= 0.6 is 0 Å². The summed E-state index contributed by atoms with van der Waals surface area (Å²) >= 11 is 0. The molecule has 0 aliphatic rings. The molecule has 84 valence electrons. The van der Waals surface area contributed by atoms with E-state index in [0.29, 0.717) is 5.56 Å². The Bertz CT molecular complexity index is 325. The largest absolute Gasteiger partial charge is 0.418 e. The van der Waals surface area contributed by atoms with Gasteiger partial charge in [0.05, 0.1) is 0 Å². The minimum absolute atomic E-state index is 0.0768. The Balaban J connectivity index is 3.02. The van der Waals surface area contributed by atoms with Gasteiger partial charge >= 0.3 is 6.18 Å². The van der Waals surface area contributed by atoms with E-state index in [0.717, 1.165) is 7.11 Å². The van der Waals surface area contributed by atoms with Crippen LogP contribution in [0.4, 0.5) is 13.2 Å². The molecular weight excluding hydrogens is 207 g/mol. The zero-order chi connectivity index (χ0) is 11.5. The molecular formula is C10H12F3NO. The lowest BCUT2D eigenvalue weighted by molar-refractivity contribution is -0.215. The van der Waals surface area contributed by atoms with Gasteiger partial charge in [0.15, 0.2) is 6.10 Å². The number of hydrogen-bond donors (Lipinski definition) is 1. The van der Waals surface area contributed by atoms with Crippen LogP contribution in [0, 0.1) is 0 Å². The maximum atomic E-state index is 12.5. The fourth-order valence-electron chi connectivity index (χ4n) is 1.34. The van der Waals surface area contributed by atoms with Gasteiger partial charge in [-0.15, -0.1) is 0 Å². The summed E-state index contributed by atoms with van der Waals surface area (Å²) in [7, 11) is 1.03. The molecule has 0 aliphatic carbocycles. The fraction of sp³-hybridized carbons (Fsp3) is 0.400. The van der Waals surface area contributed by atoms with Gasteiger partial charge in [0.2, 0.25) is 0 Å². The smallest absolute Gasteiger partial charge is 0.367 e. The monoisotopic (exact) mass is 219 g/mol. The molecule has 0 radical (unpaired) electrons. The molecule has 0 saturated heterocycles. The molecule has 0 aromatic heterocycles. The van der Waals surface area contributed by atoms with Gasteiger partial charge in [-0.1, -0.05) is 24.3 Å². The summed E-state index contributed by atoms with van der Waals surface area (Å²) in [6.45, 7) is 0.210. The van der Waals surface area contributed by atoms with Crippen molar-refractivity contribution in [3.63, 3.8) is 0 Å². The number of benzene rings is 1. The maximum absolute atomic E-state index is 12.5. The number of rotatable bonds is 3. The van der Waals surface area contributed by atoms with Gasteiger partial charge in [-0.2, -0.15) is 13.2 Å². The van der Waals surface area contributed by atoms with Gasteiger partial charge in [-0.25, -0.2) is 0 Å². The molecule has 0 saturated carbocycles. The number of halogens is 3. The van der Waals surface area contributed by atoms with Crippen molar-refractivity contribution >= 4 is 0 Å². The van der Waals surface area contributed by atoms with Crippen LogP contribution in [-0.2, 0) is 11.3 Å². The van der Waals surface area contributed by atoms with Crippen molar-refractivity contribution in [2.75, 3.05) is 7.11 Å². The molecule has 2 N–H and O–H groups in total. The van der Waals surface area contributed by atoms with Crippen LogP contribution in [0.3, 0.4) is 0 Å². The number of methoxy groups -OCH3 is 1. The molecule has 0 spiro atoms. The van der Waals surface area contributed by atoms with E-state index in [4.69, 9.17) is 5.73 Å². The Morgan fingerprint density at radius 1 is 1.40 bits per heavy atom. The van der Waals surface area contributed by atoms with Gasteiger partial charge in [-0.05, 0) is 11.1 Å². The highest BCUT2D eigenvalue weighted by Crippen LogP contribution is 2.35. The molecule has 1 rings (SSSR count). The van der Waals surface area contributed by atoms with E-state index in [-0.39, 0.29) is 12.1 Å². The lowest BCUT2D eigenvalue weighted by atomic mass is 10.1. The predicted octanol–water partition coefficient (Wildman–Crippen LogP) is 2.40. The molecule has 1 unspecified atom stereocenters. The van der Waals surface area contributed by atoms with Gasteiger partial charge in [0.25, 0.3) is 0 Å². The van der Waals surface area contributed by atoms with E-state index >= 15 is 0 Å². The first-order valence-corrected chi connectivity index (χ1v) is 4.37. The molecule has 0 fully saturated rings. The lowest BCUT2D eigenvalue weighted by Gasteiger charge is -2.19. The first-order chi connectivity index (χ1) is 6.99. The van der Waals surface area contributed by atoms with Gasteiger partial charge in [0, 0.05) is 13.7 Å². The standard InChI is InChI=1S/C10H12F3NO/c1-15-9(10(11,12)13)8-4-2-3-7(5-8)6-14/h2-5,9H,6,14H2,1H3. The van der Waals surface area contributed by atoms with E-state index in [1.165, 1.54) is 18.2 Å². The van der Waals surface area contributed by atoms with Gasteiger partial charge < -0.3 is 10.5 Å². The fourth-order valence-corrected chi connectivity index (χ4v) is 1.34. The van der Waals surface area contributed by atoms with Crippen molar-refractivity contribution < 1.29 is 17.9 Å². The second kappa shape index (κ2) is 4.63. The SMILES string of the molecule is COC(c1cccc(CN)c1)C(F)(F)F. The molecule has 1 aromatic rings. The van der Waals surface area contributed by atoms with Gasteiger partial charge in [-0.3, -0.25) is 0 Å². The highest BCUT2D eigenvalue weighted by molar-refractivity contribution is 5.26. The van der Waals surface area contributed by atoms with E-state index in [1.807, 2.05) is 0 Å². The predicted molar refractivity (Wildman–Crippen MR) is 50.1 cm³/mol. The third-order valence-electron chi connectivity index (χ3n) is 2.02. The molecule has 0 heterocycles. The average Bonchev–Trinajstić information content (AvgIpc) is 2.17. The molecule has 2 nitrogen and oxygen atoms in total. The van der Waals surface area contributed by atoms with Crippen LogP contribution in [0.5, 0.6) is 0 Å². The van der Waals surface area contributed by atoms with E-state index < -0.39 is 12.3 Å². The van der Waals surface area contributed by atoms with Crippen molar-refractivity contribution in [3.05, 3.63) is 35.4 Å². The number of alkyl halides is 3. The van der Waals surface area contributed by atoms with Crippen LogP contribution < -0.4 is 5.73 Å². The maximum Gasteiger partial charge on any atom is 0.418 e. The van der Waals surface area contributed by atoms with Crippen LogP contribution in [0.25, 0.3) is 0 Å². The molecule has 15 heavy (non-hydrogen) atoms. The Kier molecular flexibility index (Phi) is 3.71. The zero-order valence-electron chi connectivity index (χ0n) is 8.21. The summed E-state index contributed by atoms with van der Waals surface area (Å²) in [6, 6.07) is 5.99. The van der Waals surface area contributed by atoms with Crippen molar-refractivity contribution in [2.45, 2.75) is 18.8 Å². The molecule has 0 aliphatic heterocycles. The summed E-state index contributed by atoms with van der Waals surface area (Å²) in [5.41, 5.74) is 6.08. The summed E-state index contributed by atoms with van der Waals surface area (Å²) in [5, 5.41) is 0. The minimum atomic E-state index is -4.40. The Morgan fingerprint density at radius 3 is 2.53 bits per heavy atom. The average molecular weight is 219 g/mol. The number of ether oxygens (including phenoxy) is 1. The van der Waals surface area contributed by atoms with Gasteiger partial charge in [0.1, 0.15) is 0 Å². The zero-order valence-corrected chi connectivity index (χ0v) is 8.21. The molecule has 0 bridgehead atoms. The summed E-state index contributed by atoms with van der Waals surface area (Å²) < 4.78 is 41.9. The number of hydrogen-bond acceptors (Lipinski definition) is 2. The Hall–Kier alpha value is -1.07. The van der Waals surface area contributed by atoms with E-state index in [2.05, 4.69) is 4.74 Å². The van der Waals surface area contributed by atoms with Crippen LogP contribution in [-0.4, -0.2) is 13.3 Å². The number of nitrogens with two attached hydrogens (primary N) is 1. The normalized spacial score (nSPS) is 13.9. The highest BCUT2D eigenvalue weighted by atomic mass is 19.4. The van der Waals surface area contributed by atoms with E-state index in [9.17, 15) is 13.2 Å². The van der Waals surface area contributed by atoms with Crippen molar-refractivity contribution in [3.8, 4) is 0 Å². The third-order valence-corrected chi connectivity index (χ3v) is 2.02. The van der Waals surface area contributed by atoms with Crippen molar-refractivity contribution in [1.29, 1.82) is 0 Å². The minimum Gasteiger partial charge on any atom is -0.367 e. The summed E-state index contributed by atoms with van der Waals surface area (Å²) in [5.74, 6) is 0. The third kappa shape index (κ3) is 2.94. The molecule has 5 heteroatoms. The summed E-state index contributed by atoms with van der Waals surface area (Å²) in [4.78, 5) is 0. The van der Waals surface area contributed by atoms with Crippen LogP contribution in [0.2, 0.25) is 0 Å². The summed E-state index contributed by atoms with van der Waals surface area (Å²) in [6.07, 6.45) is -6.29. The molecule has 1 atom stereocenters. The highest BCUT2D eigenvalue weighted by Gasteiger charge is 2.41. The quantitative estimate of drug-likeness (QED) is 0.847. The Morgan fingerprint density at radius 2 is 2.07 bits per heavy atom. The topological polar surface area (TPSA) is 35.2 Å². The molecule has 0 amide bonds. The first-order valence-electron chi connectivity index (χ1n) is 4.37.